The Balaban J connectivity index is 2.00. The molecule has 0 fully saturated rings. The van der Waals surface area contributed by atoms with Crippen LogP contribution in [0.2, 0.25) is 5.02 Å². The maximum Gasteiger partial charge on any atom is 0.232 e. The first-order valence-corrected chi connectivity index (χ1v) is 7.82. The molecule has 1 aliphatic rings. The second kappa shape index (κ2) is 6.79. The van der Waals surface area contributed by atoms with Crippen molar-refractivity contribution in [1.82, 2.24) is 0 Å². The van der Waals surface area contributed by atoms with Crippen LogP contribution < -0.4 is 0 Å². The van der Waals surface area contributed by atoms with E-state index in [2.05, 4.69) is 0 Å². The van der Waals surface area contributed by atoms with Crippen molar-refractivity contribution in [1.29, 1.82) is 0 Å². The lowest BCUT2D eigenvalue weighted by molar-refractivity contribution is -0.118. The first kappa shape index (κ1) is 16.7. The van der Waals surface area contributed by atoms with Gasteiger partial charge in [-0.25, -0.2) is 0 Å². The van der Waals surface area contributed by atoms with Crippen molar-refractivity contribution >= 4 is 34.8 Å². The zero-order valence-corrected chi connectivity index (χ0v) is 13.7. The number of halogens is 1. The first-order chi connectivity index (χ1) is 12.0. The van der Waals surface area contributed by atoms with Crippen LogP contribution >= 0.6 is 11.6 Å². The fraction of sp³-hybridized carbons (Fsp3) is 0. The van der Waals surface area contributed by atoms with E-state index in [1.54, 1.807) is 18.2 Å². The van der Waals surface area contributed by atoms with Gasteiger partial charge < -0.3 is 10.2 Å². The van der Waals surface area contributed by atoms with Gasteiger partial charge in [0, 0.05) is 5.02 Å². The summed E-state index contributed by atoms with van der Waals surface area (Å²) >= 11 is 5.81. The number of ketones is 2. The lowest BCUT2D eigenvalue weighted by Gasteiger charge is -2.16. The van der Waals surface area contributed by atoms with Crippen molar-refractivity contribution in [3.05, 3.63) is 93.9 Å². The molecule has 0 unspecified atom stereocenters. The number of allylic oxidation sites excluding steroid dienone is 3. The Morgan fingerprint density at radius 3 is 2.04 bits per heavy atom. The van der Waals surface area contributed by atoms with Gasteiger partial charge in [0.15, 0.2) is 11.5 Å². The summed E-state index contributed by atoms with van der Waals surface area (Å²) in [6.07, 6.45) is 2.90. The van der Waals surface area contributed by atoms with Gasteiger partial charge in [-0.1, -0.05) is 60.1 Å². The van der Waals surface area contributed by atoms with Crippen molar-refractivity contribution < 1.29 is 19.8 Å². The SMILES string of the molecule is O=C1C(O)=C(c2ccc(Cl)cc2)C(=O)C(O)=C1/C=C/c1ccccc1. The number of Topliss-reactive ketones (excluding diaryl/α,β-unsaturated/α-hetero) is 2. The molecule has 1 aliphatic carbocycles. The van der Waals surface area contributed by atoms with Crippen LogP contribution in [0.25, 0.3) is 11.6 Å². The molecule has 0 saturated heterocycles. The Kier molecular flexibility index (Phi) is 4.55. The fourth-order valence-electron chi connectivity index (χ4n) is 2.48. The molecule has 0 atom stereocenters. The Morgan fingerprint density at radius 1 is 0.760 bits per heavy atom. The average molecular weight is 353 g/mol. The van der Waals surface area contributed by atoms with E-state index < -0.39 is 23.1 Å². The number of hydrogen-bond donors (Lipinski definition) is 2. The van der Waals surface area contributed by atoms with Gasteiger partial charge in [0.1, 0.15) is 0 Å². The molecule has 5 heteroatoms. The van der Waals surface area contributed by atoms with Gasteiger partial charge in [0.2, 0.25) is 11.6 Å². The Bertz CT molecular complexity index is 935. The first-order valence-electron chi connectivity index (χ1n) is 7.44. The molecule has 2 aromatic carbocycles. The predicted octanol–water partition coefficient (Wildman–Crippen LogP) is 4.29. The molecule has 0 spiro atoms. The Morgan fingerprint density at radius 2 is 1.40 bits per heavy atom. The number of carbonyl (C=O) groups excluding carboxylic acids is 2. The molecule has 4 nitrogen and oxygen atoms in total. The summed E-state index contributed by atoms with van der Waals surface area (Å²) in [5, 5.41) is 20.8. The van der Waals surface area contributed by atoms with Gasteiger partial charge in [-0.3, -0.25) is 9.59 Å². The fourth-order valence-corrected chi connectivity index (χ4v) is 2.61. The largest absolute Gasteiger partial charge is 0.504 e. The quantitative estimate of drug-likeness (QED) is 0.808. The number of benzene rings is 2. The number of aliphatic hydroxyl groups is 2. The van der Waals surface area contributed by atoms with Crippen molar-refractivity contribution in [3.63, 3.8) is 0 Å². The summed E-state index contributed by atoms with van der Waals surface area (Å²) in [4.78, 5) is 24.8. The van der Waals surface area contributed by atoms with Crippen molar-refractivity contribution in [3.8, 4) is 0 Å². The van der Waals surface area contributed by atoms with Gasteiger partial charge in [-0.15, -0.1) is 0 Å². The maximum atomic E-state index is 12.4. The second-order valence-corrected chi connectivity index (χ2v) is 5.83. The minimum Gasteiger partial charge on any atom is -0.504 e. The molecule has 0 aliphatic heterocycles. The summed E-state index contributed by atoms with van der Waals surface area (Å²) in [5.74, 6) is -3.01. The van der Waals surface area contributed by atoms with Crippen molar-refractivity contribution in [2.75, 3.05) is 0 Å². The zero-order chi connectivity index (χ0) is 18.0. The summed E-state index contributed by atoms with van der Waals surface area (Å²) in [6, 6.07) is 15.1. The van der Waals surface area contributed by atoms with E-state index in [-0.39, 0.29) is 11.1 Å². The van der Waals surface area contributed by atoms with Crippen LogP contribution in [0.1, 0.15) is 11.1 Å². The summed E-state index contributed by atoms with van der Waals surface area (Å²) in [7, 11) is 0. The number of aliphatic hydroxyl groups excluding tert-OH is 2. The van der Waals surface area contributed by atoms with Gasteiger partial charge in [0.05, 0.1) is 11.1 Å². The van der Waals surface area contributed by atoms with Crippen LogP contribution in [-0.2, 0) is 9.59 Å². The third-order valence-corrected chi connectivity index (χ3v) is 4.02. The number of carbonyl (C=O) groups is 2. The highest BCUT2D eigenvalue weighted by Crippen LogP contribution is 2.30. The van der Waals surface area contributed by atoms with E-state index in [0.29, 0.717) is 10.6 Å². The third-order valence-electron chi connectivity index (χ3n) is 3.77. The maximum absolute atomic E-state index is 12.4. The van der Waals surface area contributed by atoms with E-state index in [1.165, 1.54) is 30.3 Å². The summed E-state index contributed by atoms with van der Waals surface area (Å²) < 4.78 is 0. The molecule has 0 saturated carbocycles. The summed E-state index contributed by atoms with van der Waals surface area (Å²) in [5.41, 5.74) is 0.605. The van der Waals surface area contributed by atoms with Gasteiger partial charge in [0.25, 0.3) is 0 Å². The number of rotatable bonds is 3. The van der Waals surface area contributed by atoms with Crippen LogP contribution in [-0.4, -0.2) is 21.8 Å². The molecule has 0 heterocycles. The molecule has 0 aromatic heterocycles. The van der Waals surface area contributed by atoms with Crippen LogP contribution in [0, 0.1) is 0 Å². The molecule has 2 aromatic rings. The molecule has 0 radical (unpaired) electrons. The predicted molar refractivity (Wildman–Crippen MR) is 96.1 cm³/mol. The molecular weight excluding hydrogens is 340 g/mol. The van der Waals surface area contributed by atoms with Crippen LogP contribution in [0.15, 0.2) is 77.8 Å². The molecular formula is C20H13ClO4. The monoisotopic (exact) mass is 352 g/mol. The van der Waals surface area contributed by atoms with Crippen LogP contribution in [0.5, 0.6) is 0 Å². The highest BCUT2D eigenvalue weighted by molar-refractivity contribution is 6.38. The Hall–Kier alpha value is -3.11. The lowest BCUT2D eigenvalue weighted by atomic mass is 9.89. The topological polar surface area (TPSA) is 74.6 Å². The normalized spacial score (nSPS) is 15.4. The summed E-state index contributed by atoms with van der Waals surface area (Å²) in [6.45, 7) is 0. The minimum absolute atomic E-state index is 0.240. The van der Waals surface area contributed by atoms with Gasteiger partial charge in [-0.2, -0.15) is 0 Å². The lowest BCUT2D eigenvalue weighted by Crippen LogP contribution is -2.22. The van der Waals surface area contributed by atoms with Gasteiger partial charge >= 0.3 is 0 Å². The van der Waals surface area contributed by atoms with Crippen molar-refractivity contribution in [2.45, 2.75) is 0 Å². The molecule has 0 bridgehead atoms. The minimum atomic E-state index is -0.813. The standard InChI is InChI=1S/C20H13ClO4/c21-14-9-7-13(8-10-14)16-19(24)17(22)15(18(23)20(16)25)11-6-12-4-2-1-3-5-12/h1-11,22,25H/b11-6+. The second-order valence-electron chi connectivity index (χ2n) is 5.40. The smallest absolute Gasteiger partial charge is 0.232 e. The molecule has 3 rings (SSSR count). The molecule has 124 valence electrons. The van der Waals surface area contributed by atoms with E-state index in [1.807, 2.05) is 18.2 Å². The highest BCUT2D eigenvalue weighted by Gasteiger charge is 2.34. The van der Waals surface area contributed by atoms with Crippen LogP contribution in [0.3, 0.4) is 0 Å². The molecule has 0 amide bonds. The highest BCUT2D eigenvalue weighted by atomic mass is 35.5. The Labute approximate surface area is 149 Å². The van der Waals surface area contributed by atoms with E-state index in [4.69, 9.17) is 11.6 Å². The average Bonchev–Trinajstić information content (AvgIpc) is 2.63. The van der Waals surface area contributed by atoms with E-state index in [0.717, 1.165) is 5.56 Å². The molecule has 25 heavy (non-hydrogen) atoms. The zero-order valence-electron chi connectivity index (χ0n) is 12.9. The number of hydrogen-bond acceptors (Lipinski definition) is 4. The van der Waals surface area contributed by atoms with Crippen molar-refractivity contribution in [2.24, 2.45) is 0 Å². The molecule has 2 N–H and O–H groups in total. The van der Waals surface area contributed by atoms with Gasteiger partial charge in [-0.05, 0) is 29.3 Å². The van der Waals surface area contributed by atoms with E-state index in [9.17, 15) is 19.8 Å². The third kappa shape index (κ3) is 3.25. The van der Waals surface area contributed by atoms with Crippen LogP contribution in [0.4, 0.5) is 0 Å². The van der Waals surface area contributed by atoms with E-state index >= 15 is 0 Å².